The molecule has 3 N–H and O–H groups in total. The zero-order valence-corrected chi connectivity index (χ0v) is 23.9. The van der Waals surface area contributed by atoms with Crippen LogP contribution in [0.1, 0.15) is 45.6 Å². The van der Waals surface area contributed by atoms with Gasteiger partial charge in [0.25, 0.3) is 0 Å². The summed E-state index contributed by atoms with van der Waals surface area (Å²) in [6.45, 7) is 5.40. The van der Waals surface area contributed by atoms with Crippen molar-refractivity contribution in [2.75, 3.05) is 26.2 Å². The van der Waals surface area contributed by atoms with Gasteiger partial charge in [0.05, 0.1) is 30.9 Å². The summed E-state index contributed by atoms with van der Waals surface area (Å²) in [5.41, 5.74) is -1.55. The highest BCUT2D eigenvalue weighted by Crippen LogP contribution is 2.49. The predicted octanol–water partition coefficient (Wildman–Crippen LogP) is 3.26. The molecule has 2 saturated heterocycles. The molecule has 1 aromatic carbocycles. The van der Waals surface area contributed by atoms with Gasteiger partial charge in [0.2, 0.25) is 5.91 Å². The van der Waals surface area contributed by atoms with E-state index in [1.54, 1.807) is 33.0 Å². The van der Waals surface area contributed by atoms with Crippen molar-refractivity contribution in [2.45, 2.75) is 81.7 Å². The van der Waals surface area contributed by atoms with E-state index in [0.29, 0.717) is 17.9 Å². The maximum atomic E-state index is 13.3. The second-order valence-corrected chi connectivity index (χ2v) is 11.5. The highest BCUT2D eigenvalue weighted by Gasteiger charge is 2.62. The number of aliphatic hydroxyl groups excluding tert-OH is 1. The Bertz CT molecular complexity index is 1190. The largest absolute Gasteiger partial charge is 0.495 e. The van der Waals surface area contributed by atoms with Crippen LogP contribution in [0, 0.1) is 0 Å². The molecule has 0 radical (unpaired) electrons. The first-order chi connectivity index (χ1) is 18.2. The van der Waals surface area contributed by atoms with Crippen LogP contribution >= 0.6 is 11.6 Å². The fourth-order valence-corrected chi connectivity index (χ4v) is 6.06. The Labute approximate surface area is 233 Å². The Hall–Kier alpha value is -2.63. The number of hydrogen-bond donors (Lipinski definition) is 3. The van der Waals surface area contributed by atoms with Crippen LogP contribution in [-0.4, -0.2) is 78.7 Å². The summed E-state index contributed by atoms with van der Waals surface area (Å²) >= 11 is 6.58. The topological polar surface area (TPSA) is 127 Å². The minimum atomic E-state index is -1.76. The molecule has 0 spiro atoms. The fourth-order valence-electron chi connectivity index (χ4n) is 5.75. The number of ether oxygens (including phenoxy) is 4. The van der Waals surface area contributed by atoms with Gasteiger partial charge in [-0.2, -0.15) is 0 Å². The summed E-state index contributed by atoms with van der Waals surface area (Å²) < 4.78 is 22.7. The second-order valence-electron chi connectivity index (χ2n) is 11.1. The molecule has 1 aromatic rings. The molecule has 4 aliphatic rings. The first kappa shape index (κ1) is 29.4. The number of allylic oxidation sites excluding steroid dienone is 3. The summed E-state index contributed by atoms with van der Waals surface area (Å²) in [6.07, 6.45) is 2.20. The van der Waals surface area contributed by atoms with Crippen LogP contribution in [0.4, 0.5) is 10.5 Å². The summed E-state index contributed by atoms with van der Waals surface area (Å²) in [6, 6.07) is 3.63. The predicted molar refractivity (Wildman–Crippen MR) is 145 cm³/mol. The number of rotatable bonds is 2. The van der Waals surface area contributed by atoms with Crippen LogP contribution in [0.5, 0.6) is 5.75 Å². The quantitative estimate of drug-likeness (QED) is 0.499. The van der Waals surface area contributed by atoms with E-state index in [-0.39, 0.29) is 30.2 Å². The lowest BCUT2D eigenvalue weighted by atomic mass is 9.72. The van der Waals surface area contributed by atoms with Gasteiger partial charge in [-0.1, -0.05) is 35.4 Å². The number of fused-ring (bicyclic) bond motifs is 6. The number of anilines is 1. The molecule has 2 fully saturated rings. The Kier molecular flexibility index (Phi) is 8.08. The van der Waals surface area contributed by atoms with Gasteiger partial charge in [0, 0.05) is 27.0 Å². The number of nitrogens with one attached hydrogen (secondary N) is 1. The Balaban J connectivity index is 1.75. The Morgan fingerprint density at radius 2 is 1.90 bits per heavy atom. The lowest BCUT2D eigenvalue weighted by Crippen LogP contribution is -2.72. The molecule has 6 bridgehead atoms. The average Bonchev–Trinajstić information content (AvgIpc) is 2.84. The molecular weight excluding hydrogens is 528 g/mol. The van der Waals surface area contributed by atoms with Crippen LogP contribution in [0.2, 0.25) is 5.02 Å². The van der Waals surface area contributed by atoms with E-state index in [1.807, 2.05) is 25.1 Å². The molecule has 0 unspecified atom stereocenters. The van der Waals surface area contributed by atoms with Gasteiger partial charge in [0.1, 0.15) is 28.6 Å². The van der Waals surface area contributed by atoms with Crippen LogP contribution in [0.15, 0.2) is 35.9 Å². The molecule has 0 saturated carbocycles. The van der Waals surface area contributed by atoms with Crippen molar-refractivity contribution in [2.24, 2.45) is 0 Å². The highest BCUT2D eigenvalue weighted by molar-refractivity contribution is 6.35. The molecule has 0 aromatic heterocycles. The molecule has 5 rings (SSSR count). The van der Waals surface area contributed by atoms with Gasteiger partial charge < -0.3 is 34.1 Å². The van der Waals surface area contributed by atoms with E-state index in [2.05, 4.69) is 5.32 Å². The third-order valence-electron chi connectivity index (χ3n) is 7.90. The summed E-state index contributed by atoms with van der Waals surface area (Å²) in [5, 5.41) is 25.3. The molecule has 39 heavy (non-hydrogen) atoms. The molecule has 2 amide bonds. The number of amides is 2. The molecular formula is C28H37ClN2O8. The Morgan fingerprint density at radius 3 is 2.54 bits per heavy atom. The van der Waals surface area contributed by atoms with E-state index in [0.717, 1.165) is 11.1 Å². The standard InChI is InChI=1S/C28H37ClN2O8/c1-16-8-7-9-21(37-6)28(35)14-22(38-25(34)30-28)27(3)15-26(2,39-27)20(32)13-23(33)31(4)18-11-17(10-16)12-19(36-5)24(18)29/h7-9,11-12,20-22,32,35H,10,13-15H2,1-6H3,(H,30,34)/b9-7+,16-8+/t20-,21+,22-,26+,27+,28-/m0/s1. The monoisotopic (exact) mass is 564 g/mol. The molecule has 0 aliphatic carbocycles. The van der Waals surface area contributed by atoms with Crippen LogP contribution in [-0.2, 0) is 25.4 Å². The number of alkyl carbamates (subject to hydrolysis) is 1. The minimum Gasteiger partial charge on any atom is -0.495 e. The van der Waals surface area contributed by atoms with Gasteiger partial charge in [0.15, 0.2) is 5.72 Å². The van der Waals surface area contributed by atoms with Crippen molar-refractivity contribution >= 4 is 29.3 Å². The number of benzene rings is 1. The normalized spacial score (nSPS) is 37.6. The van der Waals surface area contributed by atoms with Gasteiger partial charge in [-0.05, 0) is 44.9 Å². The zero-order chi connectivity index (χ0) is 28.8. The van der Waals surface area contributed by atoms with E-state index in [1.165, 1.54) is 19.1 Å². The van der Waals surface area contributed by atoms with E-state index < -0.39 is 41.3 Å². The van der Waals surface area contributed by atoms with Gasteiger partial charge >= 0.3 is 6.09 Å². The first-order valence-corrected chi connectivity index (χ1v) is 13.2. The van der Waals surface area contributed by atoms with Crippen molar-refractivity contribution in [3.8, 4) is 5.75 Å². The SMILES string of the molecule is COc1cc2cc(c1Cl)N(C)C(=O)C[C@H](O)[C@@]1(C)C[C@@](C)(O1)[C@@H]1C[C@@](O)(NC(=O)O1)[C@H](OC)/C=C/C=C(\C)C2. The third-order valence-corrected chi connectivity index (χ3v) is 8.28. The van der Waals surface area contributed by atoms with Gasteiger partial charge in [-0.3, -0.25) is 10.1 Å². The lowest BCUT2D eigenvalue weighted by molar-refractivity contribution is -0.327. The molecule has 10 nitrogen and oxygen atoms in total. The van der Waals surface area contributed by atoms with E-state index in [9.17, 15) is 19.8 Å². The van der Waals surface area contributed by atoms with Crippen LogP contribution in [0.3, 0.4) is 0 Å². The number of hydrogen-bond acceptors (Lipinski definition) is 8. The van der Waals surface area contributed by atoms with E-state index >= 15 is 0 Å². The number of carbonyl (C=O) groups is 2. The van der Waals surface area contributed by atoms with Crippen molar-refractivity contribution in [3.63, 3.8) is 0 Å². The maximum Gasteiger partial charge on any atom is 0.409 e. The molecule has 11 heteroatoms. The minimum absolute atomic E-state index is 0.0151. The molecule has 6 atom stereocenters. The van der Waals surface area contributed by atoms with Crippen LogP contribution < -0.4 is 15.0 Å². The average molecular weight is 565 g/mol. The van der Waals surface area contributed by atoms with Crippen molar-refractivity contribution < 1.29 is 38.7 Å². The van der Waals surface area contributed by atoms with Gasteiger partial charge in [-0.15, -0.1) is 0 Å². The van der Waals surface area contributed by atoms with Crippen molar-refractivity contribution in [1.29, 1.82) is 0 Å². The molecule has 4 aliphatic heterocycles. The summed E-state index contributed by atoms with van der Waals surface area (Å²) in [5.74, 6) is 0.0640. The number of aliphatic hydroxyl groups is 2. The highest BCUT2D eigenvalue weighted by atomic mass is 35.5. The Morgan fingerprint density at radius 1 is 1.21 bits per heavy atom. The number of carbonyl (C=O) groups excluding carboxylic acids is 2. The van der Waals surface area contributed by atoms with Crippen molar-refractivity contribution in [1.82, 2.24) is 5.32 Å². The molecule has 214 valence electrons. The van der Waals surface area contributed by atoms with E-state index in [4.69, 9.17) is 30.5 Å². The zero-order valence-electron chi connectivity index (χ0n) is 23.1. The number of methoxy groups -OCH3 is 2. The van der Waals surface area contributed by atoms with Crippen LogP contribution in [0.25, 0.3) is 0 Å². The smallest absolute Gasteiger partial charge is 0.409 e. The number of halogens is 1. The van der Waals surface area contributed by atoms with Gasteiger partial charge in [-0.25, -0.2) is 4.79 Å². The maximum absolute atomic E-state index is 13.3. The summed E-state index contributed by atoms with van der Waals surface area (Å²) in [7, 11) is 4.55. The number of nitrogens with zero attached hydrogens (tertiary/aromatic N) is 1. The fraction of sp³-hybridized carbons (Fsp3) is 0.571. The molecule has 4 heterocycles. The second kappa shape index (κ2) is 10.7. The van der Waals surface area contributed by atoms with Crippen molar-refractivity contribution in [3.05, 3.63) is 46.5 Å². The summed E-state index contributed by atoms with van der Waals surface area (Å²) in [4.78, 5) is 27.2. The lowest BCUT2D eigenvalue weighted by Gasteiger charge is -2.59. The third kappa shape index (κ3) is 5.67. The first-order valence-electron chi connectivity index (χ1n) is 12.8.